The van der Waals surface area contributed by atoms with Crippen molar-refractivity contribution in [3.05, 3.63) is 0 Å². The van der Waals surface area contributed by atoms with E-state index in [1.165, 1.54) is 0 Å². The lowest BCUT2D eigenvalue weighted by Gasteiger charge is -2.08. The topological polar surface area (TPSA) is 98.9 Å². The van der Waals surface area contributed by atoms with E-state index >= 15 is 0 Å². The van der Waals surface area contributed by atoms with Crippen LogP contribution in [0.15, 0.2) is 0 Å². The first-order valence-corrected chi connectivity index (χ1v) is 5.29. The van der Waals surface area contributed by atoms with Crippen LogP contribution in [0.3, 0.4) is 0 Å². The van der Waals surface area contributed by atoms with Crippen LogP contribution in [-0.4, -0.2) is 42.9 Å². The number of carbonyl (C=O) groups excluding carboxylic acids is 2. The van der Waals surface area contributed by atoms with Crippen molar-refractivity contribution >= 4 is 11.9 Å². The lowest BCUT2D eigenvalue weighted by molar-refractivity contribution is -0.151. The van der Waals surface area contributed by atoms with E-state index in [1.807, 2.05) is 6.92 Å². The Hall–Kier alpha value is -1.14. The molecule has 0 aliphatic carbocycles. The number of hydrogen-bond acceptors (Lipinski definition) is 6. The molecule has 0 unspecified atom stereocenters. The number of aliphatic hydroxyl groups is 1. The first kappa shape index (κ1) is 14.9. The Morgan fingerprint density at radius 3 is 2.31 bits per heavy atom. The summed E-state index contributed by atoms with van der Waals surface area (Å²) in [5, 5.41) is 9.01. The predicted molar refractivity (Wildman–Crippen MR) is 56.5 cm³/mol. The lowest BCUT2D eigenvalue weighted by atomic mass is 10.3. The summed E-state index contributed by atoms with van der Waals surface area (Å²) in [6.07, 6.45) is -0.146. The van der Waals surface area contributed by atoms with Crippen LogP contribution < -0.4 is 5.73 Å². The molecule has 0 aliphatic heterocycles. The summed E-state index contributed by atoms with van der Waals surface area (Å²) in [6, 6.07) is 0. The van der Waals surface area contributed by atoms with Gasteiger partial charge in [0.25, 0.3) is 0 Å². The SMILES string of the molecule is CCCOC(=O)CCC(=O)OC[C@@H](O)CN. The van der Waals surface area contributed by atoms with Gasteiger partial charge in [0.15, 0.2) is 0 Å². The highest BCUT2D eigenvalue weighted by atomic mass is 16.5. The van der Waals surface area contributed by atoms with Crippen molar-refractivity contribution in [3.63, 3.8) is 0 Å². The van der Waals surface area contributed by atoms with Crippen LogP contribution in [0.25, 0.3) is 0 Å². The molecular formula is C10H19NO5. The molecule has 6 heteroatoms. The van der Waals surface area contributed by atoms with Gasteiger partial charge in [-0.25, -0.2) is 0 Å². The summed E-state index contributed by atoms with van der Waals surface area (Å²) in [5.74, 6) is -0.959. The molecule has 0 bridgehead atoms. The number of esters is 2. The van der Waals surface area contributed by atoms with Gasteiger partial charge in [-0.2, -0.15) is 0 Å². The van der Waals surface area contributed by atoms with Crippen LogP contribution in [0.2, 0.25) is 0 Å². The summed E-state index contributed by atoms with van der Waals surface area (Å²) >= 11 is 0. The number of ether oxygens (including phenoxy) is 2. The van der Waals surface area contributed by atoms with Crippen molar-refractivity contribution in [1.29, 1.82) is 0 Å². The van der Waals surface area contributed by atoms with E-state index in [9.17, 15) is 9.59 Å². The van der Waals surface area contributed by atoms with Gasteiger partial charge < -0.3 is 20.3 Å². The highest BCUT2D eigenvalue weighted by Gasteiger charge is 2.10. The maximum absolute atomic E-state index is 11.1. The van der Waals surface area contributed by atoms with E-state index in [4.69, 9.17) is 15.6 Å². The van der Waals surface area contributed by atoms with Crippen molar-refractivity contribution in [3.8, 4) is 0 Å². The molecule has 0 aromatic heterocycles. The van der Waals surface area contributed by atoms with Gasteiger partial charge in [-0.05, 0) is 6.42 Å². The third-order valence-electron chi connectivity index (χ3n) is 1.71. The Labute approximate surface area is 94.7 Å². The van der Waals surface area contributed by atoms with Crippen LogP contribution in [0.5, 0.6) is 0 Å². The third-order valence-corrected chi connectivity index (χ3v) is 1.71. The molecule has 1 atom stereocenters. The van der Waals surface area contributed by atoms with Gasteiger partial charge >= 0.3 is 11.9 Å². The molecule has 0 aromatic carbocycles. The van der Waals surface area contributed by atoms with Crippen molar-refractivity contribution < 1.29 is 24.2 Å². The van der Waals surface area contributed by atoms with Gasteiger partial charge in [0.05, 0.1) is 19.4 Å². The van der Waals surface area contributed by atoms with Crippen molar-refractivity contribution in [2.24, 2.45) is 5.73 Å². The monoisotopic (exact) mass is 233 g/mol. The molecule has 0 aliphatic rings. The summed E-state index contributed by atoms with van der Waals surface area (Å²) in [5.41, 5.74) is 5.12. The molecule has 3 N–H and O–H groups in total. The lowest BCUT2D eigenvalue weighted by Crippen LogP contribution is -2.26. The standard InChI is InChI=1S/C10H19NO5/c1-2-5-15-9(13)3-4-10(14)16-7-8(12)6-11/h8,12H,2-7,11H2,1H3/t8-/m0/s1. The van der Waals surface area contributed by atoms with Crippen LogP contribution >= 0.6 is 0 Å². The van der Waals surface area contributed by atoms with Gasteiger partial charge in [-0.1, -0.05) is 6.92 Å². The van der Waals surface area contributed by atoms with Gasteiger partial charge in [0.1, 0.15) is 12.7 Å². The highest BCUT2D eigenvalue weighted by molar-refractivity contribution is 5.77. The maximum Gasteiger partial charge on any atom is 0.306 e. The minimum atomic E-state index is -0.851. The summed E-state index contributed by atoms with van der Waals surface area (Å²) in [4.78, 5) is 22.1. The zero-order valence-corrected chi connectivity index (χ0v) is 9.48. The number of nitrogens with two attached hydrogens (primary N) is 1. The average molecular weight is 233 g/mol. The zero-order valence-electron chi connectivity index (χ0n) is 9.48. The fourth-order valence-electron chi connectivity index (χ4n) is 0.822. The van der Waals surface area contributed by atoms with E-state index in [0.29, 0.717) is 6.61 Å². The summed E-state index contributed by atoms with van der Waals surface area (Å²) < 4.78 is 9.45. The summed E-state index contributed by atoms with van der Waals surface area (Å²) in [6.45, 7) is 2.14. The van der Waals surface area contributed by atoms with Crippen LogP contribution in [0, 0.1) is 0 Å². The zero-order chi connectivity index (χ0) is 12.4. The molecule has 0 spiro atoms. The van der Waals surface area contributed by atoms with Crippen LogP contribution in [0.4, 0.5) is 0 Å². The Kier molecular flexibility index (Phi) is 8.46. The maximum atomic E-state index is 11.1. The molecule has 0 amide bonds. The predicted octanol–water partition coefficient (Wildman–Crippen LogP) is -0.417. The molecule has 0 fully saturated rings. The van der Waals surface area contributed by atoms with Gasteiger partial charge in [-0.3, -0.25) is 9.59 Å². The smallest absolute Gasteiger partial charge is 0.306 e. The second kappa shape index (κ2) is 9.11. The molecule has 16 heavy (non-hydrogen) atoms. The molecule has 0 saturated carbocycles. The molecular weight excluding hydrogens is 214 g/mol. The normalized spacial score (nSPS) is 11.9. The van der Waals surface area contributed by atoms with E-state index in [-0.39, 0.29) is 26.0 Å². The first-order chi connectivity index (χ1) is 7.60. The van der Waals surface area contributed by atoms with Crippen molar-refractivity contribution in [2.75, 3.05) is 19.8 Å². The number of carbonyl (C=O) groups is 2. The van der Waals surface area contributed by atoms with Crippen molar-refractivity contribution in [1.82, 2.24) is 0 Å². The largest absolute Gasteiger partial charge is 0.466 e. The number of aliphatic hydroxyl groups excluding tert-OH is 1. The van der Waals surface area contributed by atoms with Gasteiger partial charge in [-0.15, -0.1) is 0 Å². The Bertz CT molecular complexity index is 219. The fourth-order valence-corrected chi connectivity index (χ4v) is 0.822. The quantitative estimate of drug-likeness (QED) is 0.552. The molecule has 94 valence electrons. The molecule has 0 radical (unpaired) electrons. The van der Waals surface area contributed by atoms with Crippen LogP contribution in [0.1, 0.15) is 26.2 Å². The second-order valence-electron chi connectivity index (χ2n) is 3.29. The molecule has 0 saturated heterocycles. The van der Waals surface area contributed by atoms with Crippen molar-refractivity contribution in [2.45, 2.75) is 32.3 Å². The minimum Gasteiger partial charge on any atom is -0.466 e. The van der Waals surface area contributed by atoms with E-state index < -0.39 is 18.0 Å². The third kappa shape index (κ3) is 8.19. The fraction of sp³-hybridized carbons (Fsp3) is 0.800. The second-order valence-corrected chi connectivity index (χ2v) is 3.29. The number of hydrogen-bond donors (Lipinski definition) is 2. The molecule has 0 aromatic rings. The average Bonchev–Trinajstić information content (AvgIpc) is 2.30. The first-order valence-electron chi connectivity index (χ1n) is 5.29. The van der Waals surface area contributed by atoms with Gasteiger partial charge in [0, 0.05) is 6.54 Å². The highest BCUT2D eigenvalue weighted by Crippen LogP contribution is 1.97. The van der Waals surface area contributed by atoms with E-state index in [1.54, 1.807) is 0 Å². The van der Waals surface area contributed by atoms with E-state index in [2.05, 4.69) is 4.74 Å². The Morgan fingerprint density at radius 2 is 1.81 bits per heavy atom. The van der Waals surface area contributed by atoms with Gasteiger partial charge in [0.2, 0.25) is 0 Å². The van der Waals surface area contributed by atoms with E-state index in [0.717, 1.165) is 6.42 Å². The Morgan fingerprint density at radius 1 is 1.25 bits per heavy atom. The minimum absolute atomic E-state index is 0.00243. The van der Waals surface area contributed by atoms with Crippen LogP contribution in [-0.2, 0) is 19.1 Å². The summed E-state index contributed by atoms with van der Waals surface area (Å²) in [7, 11) is 0. The Balaban J connectivity index is 3.53. The number of rotatable bonds is 8. The molecule has 0 rings (SSSR count). The molecule has 6 nitrogen and oxygen atoms in total. The molecule has 0 heterocycles.